The second kappa shape index (κ2) is 7.41. The molecule has 0 fully saturated rings. The average Bonchev–Trinajstić information content (AvgIpc) is 2.37. The Morgan fingerprint density at radius 3 is 2.39 bits per heavy atom. The fraction of sp³-hybridized carbons (Fsp3) is 0.500. The molecule has 3 nitrogen and oxygen atoms in total. The van der Waals surface area contributed by atoms with Crippen molar-refractivity contribution in [3.05, 3.63) is 29.8 Å². The van der Waals surface area contributed by atoms with E-state index in [-0.39, 0.29) is 5.91 Å². The summed E-state index contributed by atoms with van der Waals surface area (Å²) in [5, 5.41) is 0.371. The maximum absolute atomic E-state index is 11.8. The lowest BCUT2D eigenvalue weighted by atomic mass is 10.1. The zero-order chi connectivity index (χ0) is 13.5. The lowest BCUT2D eigenvalue weighted by molar-refractivity contribution is -0.129. The molecular formula is C14H20BrNO2. The monoisotopic (exact) mass is 313 g/mol. The van der Waals surface area contributed by atoms with Gasteiger partial charge in [0, 0.05) is 13.1 Å². The van der Waals surface area contributed by atoms with Gasteiger partial charge in [0.15, 0.2) is 0 Å². The van der Waals surface area contributed by atoms with Gasteiger partial charge in [-0.1, -0.05) is 41.9 Å². The molecule has 1 rings (SSSR count). The minimum atomic E-state index is 0.125. The molecular weight excluding hydrogens is 294 g/mol. The molecule has 0 radical (unpaired) electrons. The number of nitrogens with zero attached hydrogens (tertiary/aromatic N) is 1. The van der Waals surface area contributed by atoms with E-state index < -0.39 is 0 Å². The summed E-state index contributed by atoms with van der Waals surface area (Å²) in [6, 6.07) is 7.82. The molecule has 0 aromatic heterocycles. The van der Waals surface area contributed by atoms with Gasteiger partial charge in [0.05, 0.1) is 12.4 Å². The van der Waals surface area contributed by atoms with Crippen LogP contribution in [0.25, 0.3) is 0 Å². The van der Waals surface area contributed by atoms with E-state index in [0.29, 0.717) is 17.8 Å². The number of ether oxygens (including phenoxy) is 1. The number of alkyl halides is 1. The number of halogens is 1. The molecule has 0 N–H and O–H groups in total. The van der Waals surface area contributed by atoms with Gasteiger partial charge in [-0.3, -0.25) is 4.79 Å². The van der Waals surface area contributed by atoms with Crippen molar-refractivity contribution >= 4 is 21.8 Å². The number of hydrogen-bond acceptors (Lipinski definition) is 2. The Hall–Kier alpha value is -1.03. The lowest BCUT2D eigenvalue weighted by Crippen LogP contribution is -2.34. The number of carbonyl (C=O) groups excluding carboxylic acids is 1. The minimum Gasteiger partial charge on any atom is -0.497 e. The first-order valence-corrected chi connectivity index (χ1v) is 7.15. The first-order chi connectivity index (χ1) is 8.56. The van der Waals surface area contributed by atoms with E-state index in [1.54, 1.807) is 7.11 Å². The summed E-state index contributed by atoms with van der Waals surface area (Å²) in [6.45, 7) is 5.65. The summed E-state index contributed by atoms with van der Waals surface area (Å²) in [7, 11) is 1.65. The van der Waals surface area contributed by atoms with Crippen LogP contribution >= 0.6 is 15.9 Å². The Morgan fingerprint density at radius 1 is 1.33 bits per heavy atom. The third-order valence-corrected chi connectivity index (χ3v) is 3.06. The van der Waals surface area contributed by atoms with Gasteiger partial charge >= 0.3 is 0 Å². The van der Waals surface area contributed by atoms with Gasteiger partial charge in [0.1, 0.15) is 5.75 Å². The zero-order valence-electron chi connectivity index (χ0n) is 11.1. The Balaban J connectivity index is 2.72. The van der Waals surface area contributed by atoms with E-state index in [1.165, 1.54) is 0 Å². The summed E-state index contributed by atoms with van der Waals surface area (Å²) >= 11 is 3.23. The predicted octanol–water partition coefficient (Wildman–Crippen LogP) is 3.07. The van der Waals surface area contributed by atoms with E-state index in [1.807, 2.05) is 29.2 Å². The van der Waals surface area contributed by atoms with Crippen LogP contribution in [-0.4, -0.2) is 29.8 Å². The van der Waals surface area contributed by atoms with E-state index in [4.69, 9.17) is 4.74 Å². The molecule has 4 heteroatoms. The fourth-order valence-corrected chi connectivity index (χ4v) is 2.09. The van der Waals surface area contributed by atoms with E-state index >= 15 is 0 Å². The van der Waals surface area contributed by atoms with Crippen LogP contribution in [0.5, 0.6) is 5.75 Å². The highest BCUT2D eigenvalue weighted by atomic mass is 79.9. The molecule has 100 valence electrons. The highest BCUT2D eigenvalue weighted by Gasteiger charge is 2.14. The van der Waals surface area contributed by atoms with Crippen molar-refractivity contribution in [1.82, 2.24) is 4.90 Å². The maximum atomic E-state index is 11.8. The molecule has 0 aliphatic carbocycles. The van der Waals surface area contributed by atoms with E-state index in [2.05, 4.69) is 29.8 Å². The van der Waals surface area contributed by atoms with Gasteiger partial charge in [-0.15, -0.1) is 0 Å². The first kappa shape index (κ1) is 15.0. The number of carbonyl (C=O) groups is 1. The van der Waals surface area contributed by atoms with Crippen molar-refractivity contribution in [2.75, 3.05) is 19.0 Å². The van der Waals surface area contributed by atoms with Crippen molar-refractivity contribution in [1.29, 1.82) is 0 Å². The van der Waals surface area contributed by atoms with Gasteiger partial charge in [-0.25, -0.2) is 0 Å². The first-order valence-electron chi connectivity index (χ1n) is 6.03. The Bertz CT molecular complexity index is 376. The highest BCUT2D eigenvalue weighted by molar-refractivity contribution is 9.09. The SMILES string of the molecule is COc1ccc(CN(CC(C)C)C(=O)CBr)cc1. The number of rotatable bonds is 6. The molecule has 0 atom stereocenters. The van der Waals surface area contributed by atoms with Crippen molar-refractivity contribution in [2.24, 2.45) is 5.92 Å². The summed E-state index contributed by atoms with van der Waals surface area (Å²) in [5.74, 6) is 1.42. The van der Waals surface area contributed by atoms with Crippen molar-refractivity contribution in [3.8, 4) is 5.75 Å². The molecule has 0 aliphatic rings. The topological polar surface area (TPSA) is 29.5 Å². The van der Waals surface area contributed by atoms with Crippen molar-refractivity contribution < 1.29 is 9.53 Å². The minimum absolute atomic E-state index is 0.125. The third kappa shape index (κ3) is 4.69. The number of amides is 1. The van der Waals surface area contributed by atoms with E-state index in [0.717, 1.165) is 17.9 Å². The molecule has 0 aliphatic heterocycles. The normalized spacial score (nSPS) is 10.5. The van der Waals surface area contributed by atoms with Crippen molar-refractivity contribution in [3.63, 3.8) is 0 Å². The van der Waals surface area contributed by atoms with Crippen LogP contribution in [-0.2, 0) is 11.3 Å². The van der Waals surface area contributed by atoms with Crippen LogP contribution < -0.4 is 4.74 Å². The highest BCUT2D eigenvalue weighted by Crippen LogP contribution is 2.14. The fourth-order valence-electron chi connectivity index (χ4n) is 1.73. The summed E-state index contributed by atoms with van der Waals surface area (Å²) in [5.41, 5.74) is 1.12. The Labute approximate surface area is 117 Å². The quantitative estimate of drug-likeness (QED) is 0.755. The number of methoxy groups -OCH3 is 1. The van der Waals surface area contributed by atoms with Crippen LogP contribution in [0, 0.1) is 5.92 Å². The zero-order valence-corrected chi connectivity index (χ0v) is 12.7. The Kier molecular flexibility index (Phi) is 6.19. The van der Waals surface area contributed by atoms with Gasteiger partial charge < -0.3 is 9.64 Å². The van der Waals surface area contributed by atoms with Gasteiger partial charge in [0.25, 0.3) is 0 Å². The summed E-state index contributed by atoms with van der Waals surface area (Å²) < 4.78 is 5.12. The summed E-state index contributed by atoms with van der Waals surface area (Å²) in [6.07, 6.45) is 0. The predicted molar refractivity (Wildman–Crippen MR) is 77.0 cm³/mol. The smallest absolute Gasteiger partial charge is 0.233 e. The standard InChI is InChI=1S/C14H20BrNO2/c1-11(2)9-16(14(17)8-15)10-12-4-6-13(18-3)7-5-12/h4-7,11H,8-10H2,1-3H3. The van der Waals surface area contributed by atoms with Gasteiger partial charge in [0.2, 0.25) is 5.91 Å². The van der Waals surface area contributed by atoms with Crippen LogP contribution in [0.1, 0.15) is 19.4 Å². The van der Waals surface area contributed by atoms with Gasteiger partial charge in [-0.2, -0.15) is 0 Å². The maximum Gasteiger partial charge on any atom is 0.233 e. The molecule has 1 aromatic carbocycles. The second-order valence-electron chi connectivity index (χ2n) is 4.65. The van der Waals surface area contributed by atoms with Crippen LogP contribution in [0.15, 0.2) is 24.3 Å². The molecule has 0 spiro atoms. The largest absolute Gasteiger partial charge is 0.497 e. The van der Waals surface area contributed by atoms with Crippen LogP contribution in [0.4, 0.5) is 0 Å². The van der Waals surface area contributed by atoms with Crippen LogP contribution in [0.2, 0.25) is 0 Å². The molecule has 1 amide bonds. The average molecular weight is 314 g/mol. The molecule has 18 heavy (non-hydrogen) atoms. The van der Waals surface area contributed by atoms with E-state index in [9.17, 15) is 4.79 Å². The number of hydrogen-bond donors (Lipinski definition) is 0. The molecule has 1 aromatic rings. The third-order valence-electron chi connectivity index (χ3n) is 2.59. The van der Waals surface area contributed by atoms with Gasteiger partial charge in [-0.05, 0) is 23.6 Å². The lowest BCUT2D eigenvalue weighted by Gasteiger charge is -2.24. The molecule has 0 heterocycles. The molecule has 0 unspecified atom stereocenters. The molecule has 0 saturated carbocycles. The second-order valence-corrected chi connectivity index (χ2v) is 5.21. The summed E-state index contributed by atoms with van der Waals surface area (Å²) in [4.78, 5) is 13.7. The van der Waals surface area contributed by atoms with Crippen molar-refractivity contribution in [2.45, 2.75) is 20.4 Å². The van der Waals surface area contributed by atoms with Crippen LogP contribution in [0.3, 0.4) is 0 Å². The Morgan fingerprint density at radius 2 is 1.94 bits per heavy atom. The molecule has 0 bridgehead atoms. The number of benzene rings is 1. The molecule has 0 saturated heterocycles.